The predicted molar refractivity (Wildman–Crippen MR) is 50.9 cm³/mol. The molecule has 14 heavy (non-hydrogen) atoms. The van der Waals surface area contributed by atoms with Crippen molar-refractivity contribution in [1.82, 2.24) is 14.9 Å². The van der Waals surface area contributed by atoms with Crippen LogP contribution in [0.2, 0.25) is 0 Å². The Morgan fingerprint density at radius 1 is 1.71 bits per heavy atom. The summed E-state index contributed by atoms with van der Waals surface area (Å²) in [7, 11) is 0. The molecule has 5 nitrogen and oxygen atoms in total. The van der Waals surface area contributed by atoms with Gasteiger partial charge in [-0.25, -0.2) is 4.98 Å². The number of hydrogen-bond acceptors (Lipinski definition) is 3. The van der Waals surface area contributed by atoms with Crippen LogP contribution in [-0.4, -0.2) is 27.8 Å². The number of hydrogen-bond donors (Lipinski definition) is 1. The highest BCUT2D eigenvalue weighted by Crippen LogP contribution is 1.92. The molecule has 0 fully saturated rings. The highest BCUT2D eigenvalue weighted by Gasteiger charge is 2.04. The minimum Gasteiger partial charge on any atom is -0.352 e. The van der Waals surface area contributed by atoms with Crippen molar-refractivity contribution in [3.63, 3.8) is 0 Å². The van der Waals surface area contributed by atoms with Crippen LogP contribution in [0.1, 0.15) is 24.3 Å². The van der Waals surface area contributed by atoms with Crippen molar-refractivity contribution in [2.45, 2.75) is 26.4 Å². The highest BCUT2D eigenvalue weighted by atomic mass is 16.2. The second kappa shape index (κ2) is 4.55. The molecule has 0 aliphatic rings. The topological polar surface area (TPSA) is 64.0 Å². The lowest BCUT2D eigenvalue weighted by Crippen LogP contribution is -2.32. The van der Waals surface area contributed by atoms with Gasteiger partial charge in [0, 0.05) is 12.2 Å². The molecule has 0 aliphatic carbocycles. The first-order chi connectivity index (χ1) is 6.61. The first kappa shape index (κ1) is 10.4. The second-order valence-electron chi connectivity index (χ2n) is 3.31. The molecule has 0 bridgehead atoms. The van der Waals surface area contributed by atoms with Crippen LogP contribution in [-0.2, 0) is 11.3 Å². The van der Waals surface area contributed by atoms with Gasteiger partial charge in [-0.1, -0.05) is 0 Å². The van der Waals surface area contributed by atoms with E-state index in [1.54, 1.807) is 4.57 Å². The Morgan fingerprint density at radius 2 is 2.43 bits per heavy atom. The molecule has 1 rings (SSSR count). The van der Waals surface area contributed by atoms with E-state index in [0.717, 1.165) is 0 Å². The fourth-order valence-corrected chi connectivity index (χ4v) is 1.06. The molecule has 0 spiro atoms. The summed E-state index contributed by atoms with van der Waals surface area (Å²) in [6.45, 7) is 3.98. The molecule has 1 heterocycles. The van der Waals surface area contributed by atoms with Gasteiger partial charge in [-0.15, -0.1) is 0 Å². The molecule has 1 N–H and O–H groups in total. The second-order valence-corrected chi connectivity index (χ2v) is 3.31. The van der Waals surface area contributed by atoms with Crippen LogP contribution in [0, 0.1) is 0 Å². The van der Waals surface area contributed by atoms with Crippen molar-refractivity contribution in [3.05, 3.63) is 18.2 Å². The van der Waals surface area contributed by atoms with E-state index in [0.29, 0.717) is 12.0 Å². The van der Waals surface area contributed by atoms with Crippen molar-refractivity contribution >= 4 is 12.2 Å². The summed E-state index contributed by atoms with van der Waals surface area (Å²) in [5.41, 5.74) is 0.336. The molecule has 0 unspecified atom stereocenters. The molecular weight excluding hydrogens is 182 g/mol. The van der Waals surface area contributed by atoms with Gasteiger partial charge in [0.05, 0.1) is 6.33 Å². The third-order valence-electron chi connectivity index (χ3n) is 1.55. The van der Waals surface area contributed by atoms with Crippen LogP contribution >= 0.6 is 0 Å². The Kier molecular flexibility index (Phi) is 3.39. The van der Waals surface area contributed by atoms with Gasteiger partial charge < -0.3 is 9.88 Å². The Hall–Kier alpha value is -1.65. The van der Waals surface area contributed by atoms with E-state index in [1.165, 1.54) is 12.5 Å². The standard InChI is InChI=1S/C9H13N3O2/c1-7(2)11-9(14)4-12-3-8(5-13)10-6-12/h3,5-7H,4H2,1-2H3,(H,11,14). The molecule has 1 aromatic heterocycles. The van der Waals surface area contributed by atoms with Crippen molar-refractivity contribution in [1.29, 1.82) is 0 Å². The van der Waals surface area contributed by atoms with Gasteiger partial charge in [-0.3, -0.25) is 9.59 Å². The number of amides is 1. The zero-order valence-corrected chi connectivity index (χ0v) is 8.23. The van der Waals surface area contributed by atoms with Crippen LogP contribution in [0.4, 0.5) is 0 Å². The number of aromatic nitrogens is 2. The maximum atomic E-state index is 11.3. The SMILES string of the molecule is CC(C)NC(=O)Cn1cnc(C=O)c1. The van der Waals surface area contributed by atoms with Crippen molar-refractivity contribution in [3.8, 4) is 0 Å². The van der Waals surface area contributed by atoms with E-state index in [2.05, 4.69) is 10.3 Å². The summed E-state index contributed by atoms with van der Waals surface area (Å²) >= 11 is 0. The van der Waals surface area contributed by atoms with E-state index in [-0.39, 0.29) is 18.5 Å². The maximum Gasteiger partial charge on any atom is 0.240 e. The third-order valence-corrected chi connectivity index (χ3v) is 1.55. The average Bonchev–Trinajstić information content (AvgIpc) is 2.50. The molecule has 0 aliphatic heterocycles. The monoisotopic (exact) mass is 195 g/mol. The fraction of sp³-hybridized carbons (Fsp3) is 0.444. The van der Waals surface area contributed by atoms with Crippen LogP contribution in [0.15, 0.2) is 12.5 Å². The summed E-state index contributed by atoms with van der Waals surface area (Å²) in [5.74, 6) is -0.0881. The number of rotatable bonds is 4. The quantitative estimate of drug-likeness (QED) is 0.699. The molecule has 0 radical (unpaired) electrons. The number of carbonyl (C=O) groups excluding carboxylic acids is 2. The number of nitrogens with one attached hydrogen (secondary N) is 1. The van der Waals surface area contributed by atoms with Crippen molar-refractivity contribution in [2.24, 2.45) is 0 Å². The van der Waals surface area contributed by atoms with E-state index in [9.17, 15) is 9.59 Å². The van der Waals surface area contributed by atoms with Crippen LogP contribution in [0.5, 0.6) is 0 Å². The summed E-state index contributed by atoms with van der Waals surface area (Å²) in [6, 6.07) is 0.122. The molecule has 0 atom stereocenters. The number of imidazole rings is 1. The predicted octanol–water partition coefficient (Wildman–Crippen LogP) is 0.220. The molecule has 5 heteroatoms. The summed E-state index contributed by atoms with van der Waals surface area (Å²) in [5, 5.41) is 2.74. The first-order valence-corrected chi connectivity index (χ1v) is 4.38. The number of nitrogens with zero attached hydrogens (tertiary/aromatic N) is 2. The summed E-state index contributed by atoms with van der Waals surface area (Å²) < 4.78 is 1.57. The number of aldehydes is 1. The van der Waals surface area contributed by atoms with Crippen LogP contribution in [0.3, 0.4) is 0 Å². The largest absolute Gasteiger partial charge is 0.352 e. The average molecular weight is 195 g/mol. The zero-order valence-electron chi connectivity index (χ0n) is 8.23. The molecule has 1 aromatic rings. The Bertz CT molecular complexity index is 331. The fourth-order valence-electron chi connectivity index (χ4n) is 1.06. The van der Waals surface area contributed by atoms with E-state index in [4.69, 9.17) is 0 Å². The molecule has 1 amide bonds. The molecule has 0 aromatic carbocycles. The maximum absolute atomic E-state index is 11.3. The van der Waals surface area contributed by atoms with Gasteiger partial charge in [0.25, 0.3) is 0 Å². The first-order valence-electron chi connectivity index (χ1n) is 4.38. The van der Waals surface area contributed by atoms with Gasteiger partial charge in [-0.2, -0.15) is 0 Å². The van der Waals surface area contributed by atoms with Gasteiger partial charge in [-0.05, 0) is 13.8 Å². The molecule has 76 valence electrons. The lowest BCUT2D eigenvalue weighted by atomic mass is 10.4. The van der Waals surface area contributed by atoms with E-state index >= 15 is 0 Å². The Balaban J connectivity index is 2.51. The van der Waals surface area contributed by atoms with Gasteiger partial charge in [0.1, 0.15) is 12.2 Å². The van der Waals surface area contributed by atoms with Gasteiger partial charge in [0.2, 0.25) is 5.91 Å². The van der Waals surface area contributed by atoms with Gasteiger partial charge in [0.15, 0.2) is 6.29 Å². The molecular formula is C9H13N3O2. The van der Waals surface area contributed by atoms with E-state index in [1.807, 2.05) is 13.8 Å². The summed E-state index contributed by atoms with van der Waals surface area (Å²) in [6.07, 6.45) is 3.65. The molecule has 0 saturated carbocycles. The van der Waals surface area contributed by atoms with Gasteiger partial charge >= 0.3 is 0 Å². The summed E-state index contributed by atoms with van der Waals surface area (Å²) in [4.78, 5) is 25.4. The zero-order chi connectivity index (χ0) is 10.6. The Morgan fingerprint density at radius 3 is 2.93 bits per heavy atom. The normalized spacial score (nSPS) is 10.2. The van der Waals surface area contributed by atoms with Crippen molar-refractivity contribution < 1.29 is 9.59 Å². The highest BCUT2D eigenvalue weighted by molar-refractivity contribution is 5.76. The lowest BCUT2D eigenvalue weighted by Gasteiger charge is -2.07. The van der Waals surface area contributed by atoms with Crippen LogP contribution < -0.4 is 5.32 Å². The lowest BCUT2D eigenvalue weighted by molar-refractivity contribution is -0.122. The van der Waals surface area contributed by atoms with Crippen molar-refractivity contribution in [2.75, 3.05) is 0 Å². The Labute approximate surface area is 82.1 Å². The van der Waals surface area contributed by atoms with Crippen LogP contribution in [0.25, 0.3) is 0 Å². The third kappa shape index (κ3) is 3.01. The number of carbonyl (C=O) groups is 2. The van der Waals surface area contributed by atoms with E-state index < -0.39 is 0 Å². The minimum absolute atomic E-state index is 0.0881. The smallest absolute Gasteiger partial charge is 0.240 e. The minimum atomic E-state index is -0.0881. The molecule has 0 saturated heterocycles.